The lowest BCUT2D eigenvalue weighted by molar-refractivity contribution is 0.648. The summed E-state index contributed by atoms with van der Waals surface area (Å²) in [5, 5.41) is 1.13. The van der Waals surface area contributed by atoms with E-state index >= 15 is 0 Å². The summed E-state index contributed by atoms with van der Waals surface area (Å²) in [5.74, 6) is 1.59. The Morgan fingerprint density at radius 3 is 2.24 bits per heavy atom. The summed E-state index contributed by atoms with van der Waals surface area (Å²) in [7, 11) is 0. The molecule has 0 spiro atoms. The van der Waals surface area contributed by atoms with Crippen molar-refractivity contribution >= 4 is 46.4 Å². The second-order valence-electron chi connectivity index (χ2n) is 15.4. The fraction of sp³-hybridized carbons (Fsp3) is 0.298. The zero-order valence-corrected chi connectivity index (χ0v) is 33.9. The number of H-pyrrole nitrogens is 2. The Morgan fingerprint density at radius 2 is 1.49 bits per heavy atom. The minimum atomic E-state index is -0.661. The number of anilines is 2. The molecule has 0 bridgehead atoms. The van der Waals surface area contributed by atoms with Gasteiger partial charge in [0.1, 0.15) is 5.48 Å². The number of aryl methyl sites for hydroxylation is 7. The van der Waals surface area contributed by atoms with Crippen molar-refractivity contribution in [1.29, 1.82) is 0 Å². The molecular weight excluding hydrogens is 760 g/mol. The highest BCUT2D eigenvalue weighted by molar-refractivity contribution is 6.31. The van der Waals surface area contributed by atoms with Gasteiger partial charge in [-0.1, -0.05) is 68.1 Å². The number of aromatic amines is 2. The second-order valence-corrected chi connectivity index (χ2v) is 15.8. The van der Waals surface area contributed by atoms with E-state index in [1.807, 2.05) is 55.7 Å². The maximum atomic E-state index is 12.5. The molecule has 1 saturated carbocycles. The average Bonchev–Trinajstić information content (AvgIpc) is 4.03. The van der Waals surface area contributed by atoms with Gasteiger partial charge in [-0.3, -0.25) is 14.6 Å². The second kappa shape index (κ2) is 17.0. The van der Waals surface area contributed by atoms with Crippen molar-refractivity contribution in [2.45, 2.75) is 86.1 Å². The van der Waals surface area contributed by atoms with E-state index in [1.165, 1.54) is 29.5 Å². The highest BCUT2D eigenvalue weighted by atomic mass is 35.5. The molecule has 1 aromatic heterocycles. The first kappa shape index (κ1) is 41.0. The fourth-order valence-corrected chi connectivity index (χ4v) is 7.89. The van der Waals surface area contributed by atoms with Crippen LogP contribution in [0.15, 0.2) is 92.2 Å². The Labute approximate surface area is 347 Å². The van der Waals surface area contributed by atoms with Gasteiger partial charge in [0, 0.05) is 18.1 Å². The molecule has 12 heteroatoms. The zero-order chi connectivity index (χ0) is 40.7. The standard InChI is InChI=1S/C24H24N4O.C22H21ClN4O2.CH4/c1-15-13-20-21(14-19(15)18-10-11-18)28(12-6-9-17-7-4-3-5-8-17)23-22(27-20)24(29)26-16(2)25-23;1-12-6-7-15(11-16(12)23)5-4-8-27-18-10-14(3)13(2)9-17(18)24-19-20(27)25-22(29)26-21(19)28;/h3-5,7-8,13-14,18H,2,6,9-12H2,1H3,(H,26,29);6-7,9-11H,4-5,8H2,1-3H3,(H,26,28,29);1H4. The van der Waals surface area contributed by atoms with Gasteiger partial charge in [0.25, 0.3) is 11.1 Å². The van der Waals surface area contributed by atoms with E-state index in [1.54, 1.807) is 0 Å². The van der Waals surface area contributed by atoms with Crippen LogP contribution in [0.3, 0.4) is 0 Å². The monoisotopic (exact) mass is 808 g/mol. The van der Waals surface area contributed by atoms with Gasteiger partial charge in [0.2, 0.25) is 0 Å². The summed E-state index contributed by atoms with van der Waals surface area (Å²) in [4.78, 5) is 61.6. The summed E-state index contributed by atoms with van der Waals surface area (Å²) in [6.45, 7) is 13.4. The summed E-state index contributed by atoms with van der Waals surface area (Å²) in [6, 6.07) is 24.9. The average molecular weight is 809 g/mol. The minimum absolute atomic E-state index is 0. The highest BCUT2D eigenvalue weighted by Gasteiger charge is 2.29. The van der Waals surface area contributed by atoms with Crippen molar-refractivity contribution in [3.63, 3.8) is 0 Å². The Kier molecular flexibility index (Phi) is 11.8. The number of nitrogens with one attached hydrogen (secondary N) is 2. The highest BCUT2D eigenvalue weighted by Crippen LogP contribution is 2.46. The maximum Gasteiger partial charge on any atom is 0.349 e. The zero-order valence-electron chi connectivity index (χ0n) is 33.2. The fourth-order valence-electron chi connectivity index (χ4n) is 7.68. The molecule has 5 aromatic rings. The molecule has 11 nitrogen and oxygen atoms in total. The van der Waals surface area contributed by atoms with Crippen LogP contribution in [0.25, 0.3) is 29.1 Å². The van der Waals surface area contributed by atoms with E-state index in [2.05, 4.69) is 90.8 Å². The normalized spacial score (nSPS) is 12.9. The number of benzene rings is 4. The minimum Gasteiger partial charge on any atom is -0.322 e. The lowest BCUT2D eigenvalue weighted by Crippen LogP contribution is -2.42. The summed E-state index contributed by atoms with van der Waals surface area (Å²) in [5.41, 5.74) is 11.0. The predicted octanol–water partition coefficient (Wildman–Crippen LogP) is 7.83. The molecule has 4 heterocycles. The van der Waals surface area contributed by atoms with Gasteiger partial charge in [-0.15, -0.1) is 0 Å². The molecule has 0 amide bonds. The largest absolute Gasteiger partial charge is 0.349 e. The molecule has 2 N–H and O–H groups in total. The van der Waals surface area contributed by atoms with Gasteiger partial charge in [-0.05, 0) is 141 Å². The van der Waals surface area contributed by atoms with Crippen LogP contribution < -0.4 is 32.5 Å². The molecule has 0 atom stereocenters. The molecule has 4 aromatic carbocycles. The molecule has 1 fully saturated rings. The summed E-state index contributed by atoms with van der Waals surface area (Å²) < 4.78 is 1.93. The number of halogens is 1. The van der Waals surface area contributed by atoms with E-state index in [9.17, 15) is 14.4 Å². The van der Waals surface area contributed by atoms with Gasteiger partial charge in [0.15, 0.2) is 22.7 Å². The molecule has 3 aliphatic heterocycles. The van der Waals surface area contributed by atoms with E-state index < -0.39 is 11.2 Å². The molecule has 0 radical (unpaired) electrons. The summed E-state index contributed by atoms with van der Waals surface area (Å²) in [6.07, 6.45) is 6.05. The first-order valence-electron chi connectivity index (χ1n) is 19.7. The van der Waals surface area contributed by atoms with Crippen molar-refractivity contribution < 1.29 is 0 Å². The van der Waals surface area contributed by atoms with Crippen molar-refractivity contribution in [1.82, 2.24) is 29.5 Å². The smallest absolute Gasteiger partial charge is 0.322 e. The van der Waals surface area contributed by atoms with Gasteiger partial charge in [-0.2, -0.15) is 4.98 Å². The van der Waals surface area contributed by atoms with E-state index in [4.69, 9.17) is 11.6 Å². The Hall–Kier alpha value is -6.20. The first-order valence-corrected chi connectivity index (χ1v) is 20.1. The molecule has 0 unspecified atom stereocenters. The topological polar surface area (TPSA) is 142 Å². The third kappa shape index (κ3) is 8.66. The van der Waals surface area contributed by atoms with E-state index in [0.717, 1.165) is 76.4 Å². The number of hydrogen-bond donors (Lipinski definition) is 2. The van der Waals surface area contributed by atoms with Crippen molar-refractivity contribution in [2.75, 3.05) is 11.4 Å². The predicted molar refractivity (Wildman–Crippen MR) is 237 cm³/mol. The van der Waals surface area contributed by atoms with Crippen LogP contribution in [0.5, 0.6) is 0 Å². The van der Waals surface area contributed by atoms with Crippen LogP contribution in [0.1, 0.15) is 78.0 Å². The van der Waals surface area contributed by atoms with Crippen LogP contribution in [0.4, 0.5) is 17.2 Å². The van der Waals surface area contributed by atoms with Crippen LogP contribution in [-0.4, -0.2) is 36.0 Å². The quantitative estimate of drug-likeness (QED) is 0.142. The Morgan fingerprint density at radius 1 is 0.763 bits per heavy atom. The number of nitrogens with zero attached hydrogens (tertiary/aromatic N) is 6. The molecule has 0 saturated heterocycles. The number of fused-ring (bicyclic) bond motifs is 4. The van der Waals surface area contributed by atoms with Gasteiger partial charge < -0.3 is 14.5 Å². The summed E-state index contributed by atoms with van der Waals surface area (Å²) >= 11 is 6.24. The lowest BCUT2D eigenvalue weighted by Gasteiger charge is -2.29. The SMILES string of the molecule is C.C=c1nc2c(c(=O)[nH]1)=Nc1cc(C)c(C3CC3)cc1N2CCCc1ccccc1.Cc1cc2nc3c(=O)[nH]c(=O)nc-3n(CCCc3ccc(C)c(Cl)c3)c2cc1C. The van der Waals surface area contributed by atoms with Crippen molar-refractivity contribution in [2.24, 2.45) is 4.99 Å². The van der Waals surface area contributed by atoms with E-state index in [0.29, 0.717) is 40.5 Å². The molecule has 59 heavy (non-hydrogen) atoms. The molecular formula is C47H49ClN8O3. The van der Waals surface area contributed by atoms with Crippen molar-refractivity contribution in [3.05, 3.63) is 159 Å². The van der Waals surface area contributed by atoms with Gasteiger partial charge in [0.05, 0.1) is 22.4 Å². The Bertz CT molecular complexity index is 2970. The molecule has 4 aliphatic rings. The number of hydrogen-bond acceptors (Lipinski definition) is 8. The van der Waals surface area contributed by atoms with Crippen LogP contribution >= 0.6 is 11.6 Å². The molecule has 1 aliphatic carbocycles. The third-order valence-electron chi connectivity index (χ3n) is 11.1. The molecule has 9 rings (SSSR count). The first-order chi connectivity index (χ1) is 27.9. The van der Waals surface area contributed by atoms with Crippen LogP contribution in [-0.2, 0) is 19.4 Å². The van der Waals surface area contributed by atoms with Gasteiger partial charge in [-0.25, -0.2) is 19.8 Å². The maximum absolute atomic E-state index is 12.5. The lowest BCUT2D eigenvalue weighted by atomic mass is 10.0. The third-order valence-corrected chi connectivity index (χ3v) is 11.5. The number of aromatic nitrogens is 6. The number of rotatable bonds is 9. The van der Waals surface area contributed by atoms with E-state index in [-0.39, 0.29) is 18.7 Å². The van der Waals surface area contributed by atoms with Crippen molar-refractivity contribution in [3.8, 4) is 11.5 Å². The van der Waals surface area contributed by atoms with Crippen LogP contribution in [0, 0.1) is 27.7 Å². The van der Waals surface area contributed by atoms with Gasteiger partial charge >= 0.3 is 5.69 Å². The molecule has 302 valence electrons. The van der Waals surface area contributed by atoms with Crippen LogP contribution in [0.2, 0.25) is 5.02 Å². The Balaban J connectivity index is 0.000000176.